The lowest BCUT2D eigenvalue weighted by atomic mass is 10.2. The molecule has 0 aromatic heterocycles. The second-order valence-corrected chi connectivity index (χ2v) is 4.14. The summed E-state index contributed by atoms with van der Waals surface area (Å²) in [7, 11) is 0. The second-order valence-electron chi connectivity index (χ2n) is 3.08. The predicted octanol–water partition coefficient (Wildman–Crippen LogP) is 2.72. The van der Waals surface area contributed by atoms with Crippen molar-refractivity contribution in [3.8, 4) is 0 Å². The van der Waals surface area contributed by atoms with E-state index < -0.39 is 11.2 Å². The Balaban J connectivity index is 2.58. The van der Waals surface area contributed by atoms with Crippen LogP contribution in [0.15, 0.2) is 18.2 Å². The molecule has 15 heavy (non-hydrogen) atoms. The van der Waals surface area contributed by atoms with Gasteiger partial charge < -0.3 is 5.32 Å². The van der Waals surface area contributed by atoms with Crippen molar-refractivity contribution in [2.24, 2.45) is 0 Å². The lowest BCUT2D eigenvalue weighted by molar-refractivity contribution is -0.120. The molecule has 1 aromatic carbocycles. The van der Waals surface area contributed by atoms with E-state index in [0.29, 0.717) is 0 Å². The summed E-state index contributed by atoms with van der Waals surface area (Å²) < 4.78 is 12.8. The molecule has 0 aliphatic rings. The fraction of sp³-hybridized carbons (Fsp3) is 0.300. The van der Waals surface area contributed by atoms with E-state index >= 15 is 0 Å². The van der Waals surface area contributed by atoms with Crippen LogP contribution in [0.2, 0.25) is 5.02 Å². The van der Waals surface area contributed by atoms with Gasteiger partial charge in [-0.15, -0.1) is 11.6 Å². The highest BCUT2D eigenvalue weighted by molar-refractivity contribution is 6.31. The van der Waals surface area contributed by atoms with Crippen LogP contribution in [0.5, 0.6) is 0 Å². The first-order valence-corrected chi connectivity index (χ1v) is 5.18. The molecular formula is C10H10Cl2FNO. The summed E-state index contributed by atoms with van der Waals surface area (Å²) in [5.74, 6) is -0.741. The molecule has 0 spiro atoms. The molecule has 0 saturated carbocycles. The van der Waals surface area contributed by atoms with Gasteiger partial charge in [-0.3, -0.25) is 4.79 Å². The standard InChI is InChI=1S/C10H10Cl2FNO/c1-6(11)10(15)14-5-7-2-3-9(13)8(12)4-7/h2-4,6H,5H2,1H3,(H,14,15). The van der Waals surface area contributed by atoms with E-state index in [1.54, 1.807) is 13.0 Å². The number of carbonyl (C=O) groups is 1. The first kappa shape index (κ1) is 12.3. The van der Waals surface area contributed by atoms with E-state index in [0.717, 1.165) is 5.56 Å². The summed E-state index contributed by atoms with van der Waals surface area (Å²) in [5.41, 5.74) is 0.729. The van der Waals surface area contributed by atoms with Crippen LogP contribution in [-0.4, -0.2) is 11.3 Å². The van der Waals surface area contributed by atoms with Crippen molar-refractivity contribution < 1.29 is 9.18 Å². The van der Waals surface area contributed by atoms with E-state index in [4.69, 9.17) is 23.2 Å². The third kappa shape index (κ3) is 3.68. The van der Waals surface area contributed by atoms with E-state index in [1.807, 2.05) is 0 Å². The average Bonchev–Trinajstić information content (AvgIpc) is 2.19. The van der Waals surface area contributed by atoms with Crippen molar-refractivity contribution in [2.75, 3.05) is 0 Å². The number of benzene rings is 1. The summed E-state index contributed by atoms with van der Waals surface area (Å²) in [6.07, 6.45) is 0. The van der Waals surface area contributed by atoms with E-state index in [9.17, 15) is 9.18 Å². The minimum Gasteiger partial charge on any atom is -0.351 e. The van der Waals surface area contributed by atoms with Crippen LogP contribution < -0.4 is 5.32 Å². The van der Waals surface area contributed by atoms with Gasteiger partial charge >= 0.3 is 0 Å². The van der Waals surface area contributed by atoms with Gasteiger partial charge in [-0.25, -0.2) is 4.39 Å². The fourth-order valence-electron chi connectivity index (χ4n) is 0.979. The van der Waals surface area contributed by atoms with Crippen LogP contribution >= 0.6 is 23.2 Å². The minimum atomic E-state index is -0.582. The first-order valence-electron chi connectivity index (χ1n) is 4.36. The van der Waals surface area contributed by atoms with Crippen molar-refractivity contribution in [3.63, 3.8) is 0 Å². The maximum atomic E-state index is 12.8. The molecule has 5 heteroatoms. The smallest absolute Gasteiger partial charge is 0.238 e. The van der Waals surface area contributed by atoms with Gasteiger partial charge in [-0.05, 0) is 24.6 Å². The Morgan fingerprint density at radius 1 is 1.60 bits per heavy atom. The van der Waals surface area contributed by atoms with Crippen molar-refractivity contribution in [3.05, 3.63) is 34.6 Å². The van der Waals surface area contributed by atoms with E-state index in [2.05, 4.69) is 5.32 Å². The minimum absolute atomic E-state index is 0.0423. The molecule has 0 fully saturated rings. The molecule has 1 atom stereocenters. The molecule has 1 amide bonds. The lowest BCUT2D eigenvalue weighted by Crippen LogP contribution is -2.29. The highest BCUT2D eigenvalue weighted by Gasteiger charge is 2.08. The topological polar surface area (TPSA) is 29.1 Å². The monoisotopic (exact) mass is 249 g/mol. The Bertz CT molecular complexity index is 368. The van der Waals surface area contributed by atoms with Crippen LogP contribution in [0.25, 0.3) is 0 Å². The van der Waals surface area contributed by atoms with Crippen LogP contribution in [0.3, 0.4) is 0 Å². The van der Waals surface area contributed by atoms with Crippen molar-refractivity contribution >= 4 is 29.1 Å². The first-order chi connectivity index (χ1) is 7.00. The van der Waals surface area contributed by atoms with Crippen molar-refractivity contribution in [1.29, 1.82) is 0 Å². The average molecular weight is 250 g/mol. The number of alkyl halides is 1. The SMILES string of the molecule is CC(Cl)C(=O)NCc1ccc(F)c(Cl)c1. The van der Waals surface area contributed by atoms with Crippen molar-refractivity contribution in [2.45, 2.75) is 18.8 Å². The second kappa shape index (κ2) is 5.33. The molecule has 2 nitrogen and oxygen atoms in total. The Hall–Kier alpha value is -0.800. The van der Waals surface area contributed by atoms with Gasteiger partial charge in [-0.1, -0.05) is 17.7 Å². The highest BCUT2D eigenvalue weighted by Crippen LogP contribution is 2.15. The summed E-state index contributed by atoms with van der Waals surface area (Å²) in [6, 6.07) is 4.28. The third-order valence-corrected chi connectivity index (χ3v) is 2.30. The molecule has 0 bridgehead atoms. The number of halogens is 3. The van der Waals surface area contributed by atoms with Crippen LogP contribution in [0.4, 0.5) is 4.39 Å². The van der Waals surface area contributed by atoms with E-state index in [1.165, 1.54) is 12.1 Å². The number of hydrogen-bond acceptors (Lipinski definition) is 1. The fourth-order valence-corrected chi connectivity index (χ4v) is 1.26. The predicted molar refractivity (Wildman–Crippen MR) is 58.6 cm³/mol. The van der Waals surface area contributed by atoms with Gasteiger partial charge in [0.05, 0.1) is 5.02 Å². The number of rotatable bonds is 3. The molecule has 0 saturated heterocycles. The number of carbonyl (C=O) groups excluding carboxylic acids is 1. The molecule has 0 radical (unpaired) electrons. The Kier molecular flexibility index (Phi) is 4.36. The molecule has 0 heterocycles. The van der Waals surface area contributed by atoms with Gasteiger partial charge in [0.15, 0.2) is 0 Å². The molecule has 1 N–H and O–H groups in total. The highest BCUT2D eigenvalue weighted by atomic mass is 35.5. The van der Waals surface area contributed by atoms with Gasteiger partial charge in [0.1, 0.15) is 11.2 Å². The molecule has 0 aliphatic heterocycles. The summed E-state index contributed by atoms with van der Waals surface area (Å²) >= 11 is 11.1. The number of amides is 1. The van der Waals surface area contributed by atoms with Gasteiger partial charge in [0.2, 0.25) is 5.91 Å². The molecule has 82 valence electrons. The molecular weight excluding hydrogens is 240 g/mol. The van der Waals surface area contributed by atoms with Gasteiger partial charge in [-0.2, -0.15) is 0 Å². The summed E-state index contributed by atoms with van der Waals surface area (Å²) in [6.45, 7) is 1.87. The van der Waals surface area contributed by atoms with E-state index in [-0.39, 0.29) is 17.5 Å². The molecule has 1 unspecified atom stereocenters. The van der Waals surface area contributed by atoms with Crippen LogP contribution in [-0.2, 0) is 11.3 Å². The zero-order chi connectivity index (χ0) is 11.4. The largest absolute Gasteiger partial charge is 0.351 e. The van der Waals surface area contributed by atoms with Crippen LogP contribution in [0.1, 0.15) is 12.5 Å². The quantitative estimate of drug-likeness (QED) is 0.821. The molecule has 1 aromatic rings. The Morgan fingerprint density at radius 2 is 2.27 bits per heavy atom. The number of hydrogen-bond donors (Lipinski definition) is 1. The van der Waals surface area contributed by atoms with Gasteiger partial charge in [0.25, 0.3) is 0 Å². The van der Waals surface area contributed by atoms with Gasteiger partial charge in [0, 0.05) is 6.54 Å². The summed E-state index contributed by atoms with van der Waals surface area (Å²) in [4.78, 5) is 11.1. The lowest BCUT2D eigenvalue weighted by Gasteiger charge is -2.06. The Morgan fingerprint density at radius 3 is 2.80 bits per heavy atom. The zero-order valence-electron chi connectivity index (χ0n) is 8.06. The third-order valence-electron chi connectivity index (χ3n) is 1.81. The molecule has 0 aliphatic carbocycles. The van der Waals surface area contributed by atoms with Crippen molar-refractivity contribution in [1.82, 2.24) is 5.32 Å². The summed E-state index contributed by atoms with van der Waals surface area (Å²) in [5, 5.41) is 2.05. The molecule has 1 rings (SSSR count). The Labute approximate surface area is 97.4 Å². The normalized spacial score (nSPS) is 12.3. The van der Waals surface area contributed by atoms with Crippen LogP contribution in [0, 0.1) is 5.82 Å². The number of nitrogens with one attached hydrogen (secondary N) is 1. The maximum Gasteiger partial charge on any atom is 0.238 e. The zero-order valence-corrected chi connectivity index (χ0v) is 9.57. The maximum absolute atomic E-state index is 12.8.